The van der Waals surface area contributed by atoms with Crippen LogP contribution in [0.2, 0.25) is 0 Å². The van der Waals surface area contributed by atoms with E-state index in [1.165, 1.54) is 6.92 Å². The molecule has 0 aromatic heterocycles. The van der Waals surface area contributed by atoms with Crippen molar-refractivity contribution in [1.82, 2.24) is 0 Å². The van der Waals surface area contributed by atoms with Gasteiger partial charge < -0.3 is 9.26 Å². The lowest BCUT2D eigenvalue weighted by atomic mass is 10.6. The van der Waals surface area contributed by atoms with Crippen molar-refractivity contribution in [2.75, 3.05) is 19.9 Å². The molecule has 15 heavy (non-hydrogen) atoms. The minimum absolute atomic E-state index is 0.0984. The molecule has 0 amide bonds. The van der Waals surface area contributed by atoms with Gasteiger partial charge in [-0.25, -0.2) is 4.79 Å². The summed E-state index contributed by atoms with van der Waals surface area (Å²) in [5.41, 5.74) is -3.68. The Morgan fingerprint density at radius 2 is 2.13 bits per heavy atom. The first kappa shape index (κ1) is 14.3. The van der Waals surface area contributed by atoms with Crippen molar-refractivity contribution in [3.05, 3.63) is 12.7 Å². The SMILES string of the molecule is C=CC(=O)OCC(F)(F)P(C)(=O)OCC. The first-order valence-corrected chi connectivity index (χ1v) is 6.23. The van der Waals surface area contributed by atoms with E-state index in [-0.39, 0.29) is 6.61 Å². The highest BCUT2D eigenvalue weighted by Crippen LogP contribution is 2.57. The quantitative estimate of drug-likeness (QED) is 0.407. The molecule has 0 spiro atoms. The van der Waals surface area contributed by atoms with E-state index in [9.17, 15) is 18.1 Å². The van der Waals surface area contributed by atoms with Gasteiger partial charge in [0, 0.05) is 12.7 Å². The zero-order chi connectivity index (χ0) is 12.1. The summed E-state index contributed by atoms with van der Waals surface area (Å²) in [5.74, 6) is -0.994. The van der Waals surface area contributed by atoms with Crippen LogP contribution < -0.4 is 0 Å². The molecule has 4 nitrogen and oxygen atoms in total. The van der Waals surface area contributed by atoms with Gasteiger partial charge >= 0.3 is 11.6 Å². The zero-order valence-electron chi connectivity index (χ0n) is 8.53. The van der Waals surface area contributed by atoms with E-state index < -0.39 is 25.6 Å². The molecular weight excluding hydrogens is 229 g/mol. The summed E-state index contributed by atoms with van der Waals surface area (Å²) >= 11 is 0. The Bertz CT molecular complexity index is 290. The van der Waals surface area contributed by atoms with E-state index >= 15 is 0 Å². The van der Waals surface area contributed by atoms with Gasteiger partial charge in [0.1, 0.15) is 0 Å². The third-order valence-corrected chi connectivity index (χ3v) is 3.59. The summed E-state index contributed by atoms with van der Waals surface area (Å²) < 4.78 is 46.3. The normalized spacial score (nSPS) is 15.5. The topological polar surface area (TPSA) is 52.6 Å². The number of carbonyl (C=O) groups is 1. The first-order valence-electron chi connectivity index (χ1n) is 4.16. The Labute approximate surface area is 86.7 Å². The number of hydrogen-bond donors (Lipinski definition) is 0. The molecule has 0 bridgehead atoms. The van der Waals surface area contributed by atoms with Crippen molar-refractivity contribution in [2.24, 2.45) is 0 Å². The Kier molecular flexibility index (Phi) is 5.11. The van der Waals surface area contributed by atoms with Crippen LogP contribution in [-0.2, 0) is 18.6 Å². The second-order valence-electron chi connectivity index (χ2n) is 2.74. The maximum Gasteiger partial charge on any atom is 0.354 e. The molecule has 0 aromatic rings. The minimum atomic E-state index is -4.11. The molecule has 0 fully saturated rings. The van der Waals surface area contributed by atoms with Crippen molar-refractivity contribution in [2.45, 2.75) is 12.6 Å². The molecule has 7 heteroatoms. The molecule has 0 aromatic carbocycles. The predicted molar refractivity (Wildman–Crippen MR) is 51.3 cm³/mol. The summed E-state index contributed by atoms with van der Waals surface area (Å²) in [5, 5.41) is 0. The number of rotatable bonds is 6. The number of halogens is 2. The second kappa shape index (κ2) is 5.37. The highest BCUT2D eigenvalue weighted by Gasteiger charge is 2.48. The molecule has 0 saturated carbocycles. The van der Waals surface area contributed by atoms with E-state index in [0.29, 0.717) is 0 Å². The molecule has 0 heterocycles. The molecular formula is C8H13F2O4P. The van der Waals surface area contributed by atoms with E-state index in [1.807, 2.05) is 0 Å². The maximum absolute atomic E-state index is 13.2. The fourth-order valence-electron chi connectivity index (χ4n) is 0.675. The first-order chi connectivity index (χ1) is 6.77. The Morgan fingerprint density at radius 1 is 1.60 bits per heavy atom. The van der Waals surface area contributed by atoms with Crippen LogP contribution in [0.1, 0.15) is 6.92 Å². The molecule has 1 atom stereocenters. The summed E-state index contributed by atoms with van der Waals surface area (Å²) in [6, 6.07) is 0. The van der Waals surface area contributed by atoms with Crippen molar-refractivity contribution in [3.8, 4) is 0 Å². The van der Waals surface area contributed by atoms with E-state index in [1.54, 1.807) is 0 Å². The standard InChI is InChI=1S/C8H13F2O4P/c1-4-7(11)13-6-8(9,10)15(3,12)14-5-2/h4H,1,5-6H2,2-3H3. The summed E-state index contributed by atoms with van der Waals surface area (Å²) in [6.07, 6.45) is 0.747. The largest absolute Gasteiger partial charge is 0.455 e. The van der Waals surface area contributed by atoms with Gasteiger partial charge in [0.25, 0.3) is 7.37 Å². The zero-order valence-corrected chi connectivity index (χ0v) is 9.43. The molecule has 0 aliphatic heterocycles. The van der Waals surface area contributed by atoms with Gasteiger partial charge in [-0.3, -0.25) is 4.57 Å². The lowest BCUT2D eigenvalue weighted by Gasteiger charge is -2.22. The number of ether oxygens (including phenoxy) is 1. The molecule has 0 saturated heterocycles. The molecule has 0 rings (SSSR count). The summed E-state index contributed by atoms with van der Waals surface area (Å²) in [6.45, 7) is 3.92. The van der Waals surface area contributed by atoms with Gasteiger partial charge in [0.15, 0.2) is 6.61 Å². The number of esters is 1. The van der Waals surface area contributed by atoms with Crippen molar-refractivity contribution in [1.29, 1.82) is 0 Å². The Morgan fingerprint density at radius 3 is 2.53 bits per heavy atom. The van der Waals surface area contributed by atoms with Crippen molar-refractivity contribution >= 4 is 13.3 Å². The predicted octanol–water partition coefficient (Wildman–Crippen LogP) is 2.25. The minimum Gasteiger partial charge on any atom is -0.455 e. The smallest absolute Gasteiger partial charge is 0.354 e. The number of hydrogen-bond acceptors (Lipinski definition) is 4. The van der Waals surface area contributed by atoms with Crippen molar-refractivity contribution in [3.63, 3.8) is 0 Å². The van der Waals surface area contributed by atoms with Crippen LogP contribution in [0.4, 0.5) is 8.78 Å². The lowest BCUT2D eigenvalue weighted by Crippen LogP contribution is -2.26. The third-order valence-electron chi connectivity index (χ3n) is 1.52. The highest BCUT2D eigenvalue weighted by atomic mass is 31.2. The second-order valence-corrected chi connectivity index (χ2v) is 5.35. The van der Waals surface area contributed by atoms with Gasteiger partial charge in [0.05, 0.1) is 6.61 Å². The van der Waals surface area contributed by atoms with Gasteiger partial charge in [-0.05, 0) is 6.92 Å². The average Bonchev–Trinajstić information content (AvgIpc) is 2.14. The number of alkyl halides is 2. The van der Waals surface area contributed by atoms with Crippen LogP contribution in [0, 0.1) is 0 Å². The van der Waals surface area contributed by atoms with Crippen LogP contribution in [-0.4, -0.2) is 31.5 Å². The van der Waals surface area contributed by atoms with Gasteiger partial charge in [0.2, 0.25) is 0 Å². The lowest BCUT2D eigenvalue weighted by molar-refractivity contribution is -0.143. The van der Waals surface area contributed by atoms with Crippen LogP contribution in [0.3, 0.4) is 0 Å². The monoisotopic (exact) mass is 242 g/mol. The molecule has 0 aliphatic rings. The summed E-state index contributed by atoms with van der Waals surface area (Å²) in [4.78, 5) is 10.5. The van der Waals surface area contributed by atoms with Gasteiger partial charge in [-0.1, -0.05) is 6.58 Å². The van der Waals surface area contributed by atoms with Gasteiger partial charge in [-0.15, -0.1) is 0 Å². The third kappa shape index (κ3) is 4.10. The molecule has 0 aliphatic carbocycles. The molecule has 0 radical (unpaired) electrons. The van der Waals surface area contributed by atoms with E-state index in [2.05, 4.69) is 15.8 Å². The van der Waals surface area contributed by atoms with E-state index in [4.69, 9.17) is 0 Å². The van der Waals surface area contributed by atoms with Crippen LogP contribution >= 0.6 is 7.37 Å². The summed E-state index contributed by atoms with van der Waals surface area (Å²) in [7, 11) is -4.11. The molecule has 1 unspecified atom stereocenters. The highest BCUT2D eigenvalue weighted by molar-refractivity contribution is 7.59. The Balaban J connectivity index is 4.46. The van der Waals surface area contributed by atoms with Crippen molar-refractivity contribution < 1.29 is 27.4 Å². The fourth-order valence-corrected chi connectivity index (χ4v) is 1.66. The average molecular weight is 242 g/mol. The van der Waals surface area contributed by atoms with Gasteiger partial charge in [-0.2, -0.15) is 8.78 Å². The van der Waals surface area contributed by atoms with E-state index in [0.717, 1.165) is 12.7 Å². The number of carbonyl (C=O) groups excluding carboxylic acids is 1. The maximum atomic E-state index is 13.2. The Hall–Kier alpha value is -0.740. The fraction of sp³-hybridized carbons (Fsp3) is 0.625. The van der Waals surface area contributed by atoms with Crippen LogP contribution in [0.25, 0.3) is 0 Å². The van der Waals surface area contributed by atoms with Crippen LogP contribution in [0.15, 0.2) is 12.7 Å². The van der Waals surface area contributed by atoms with Crippen LogP contribution in [0.5, 0.6) is 0 Å². The molecule has 88 valence electrons. The molecule has 0 N–H and O–H groups in total.